The number of nitrogens with zero attached hydrogens (tertiary/aromatic N) is 2. The minimum Gasteiger partial charge on any atom is -0.479 e. The molecule has 0 saturated heterocycles. The van der Waals surface area contributed by atoms with Crippen LogP contribution < -0.4 is 5.32 Å². The van der Waals surface area contributed by atoms with Crippen LogP contribution in [0.15, 0.2) is 12.4 Å². The lowest BCUT2D eigenvalue weighted by atomic mass is 9.80. The van der Waals surface area contributed by atoms with Crippen molar-refractivity contribution in [3.63, 3.8) is 0 Å². The smallest absolute Gasteiger partial charge is 0.331 e. The number of carbonyl (C=O) groups excluding carboxylic acids is 1. The maximum absolute atomic E-state index is 12.3. The third kappa shape index (κ3) is 3.25. The number of carboxylic acid groups (broad SMARTS) is 1. The summed E-state index contributed by atoms with van der Waals surface area (Å²) in [7, 11) is 0. The van der Waals surface area contributed by atoms with Gasteiger partial charge in [-0.3, -0.25) is 9.48 Å². The summed E-state index contributed by atoms with van der Waals surface area (Å²) in [6, 6.07) is 0. The molecule has 1 aliphatic carbocycles. The summed E-state index contributed by atoms with van der Waals surface area (Å²) < 4.78 is 1.36. The third-order valence-electron chi connectivity index (χ3n) is 4.39. The van der Waals surface area contributed by atoms with Crippen LogP contribution >= 0.6 is 0 Å². The maximum atomic E-state index is 12.3. The summed E-state index contributed by atoms with van der Waals surface area (Å²) in [5.74, 6) is -0.530. The molecule has 1 amide bonds. The second-order valence-electron chi connectivity index (χ2n) is 6.40. The van der Waals surface area contributed by atoms with Crippen molar-refractivity contribution < 1.29 is 14.7 Å². The molecule has 1 heterocycles. The molecule has 0 radical (unpaired) electrons. The van der Waals surface area contributed by atoms with Crippen LogP contribution in [0.3, 0.4) is 0 Å². The third-order valence-corrected chi connectivity index (χ3v) is 4.39. The Hall–Kier alpha value is -1.85. The summed E-state index contributed by atoms with van der Waals surface area (Å²) in [5.41, 5.74) is -0.590. The predicted octanol–water partition coefficient (Wildman–Crippen LogP) is 2.47. The average molecular weight is 293 g/mol. The van der Waals surface area contributed by atoms with Crippen LogP contribution in [0.4, 0.5) is 5.69 Å². The second kappa shape index (κ2) is 5.87. The SMILES string of the molecule is CC1CCCCC1C(=O)Nc1cnn(C(C)(C)C(=O)O)c1. The summed E-state index contributed by atoms with van der Waals surface area (Å²) >= 11 is 0. The van der Waals surface area contributed by atoms with E-state index in [0.29, 0.717) is 11.6 Å². The van der Waals surface area contributed by atoms with Gasteiger partial charge >= 0.3 is 5.97 Å². The number of aliphatic carboxylic acids is 1. The topological polar surface area (TPSA) is 84.2 Å². The maximum Gasteiger partial charge on any atom is 0.331 e. The van der Waals surface area contributed by atoms with E-state index in [9.17, 15) is 14.7 Å². The lowest BCUT2D eigenvalue weighted by Gasteiger charge is -2.27. The summed E-state index contributed by atoms with van der Waals surface area (Å²) in [4.78, 5) is 23.5. The van der Waals surface area contributed by atoms with Crippen molar-refractivity contribution in [3.8, 4) is 0 Å². The minimum absolute atomic E-state index is 0.00915. The number of aromatic nitrogens is 2. The van der Waals surface area contributed by atoms with E-state index in [1.54, 1.807) is 20.0 Å². The van der Waals surface area contributed by atoms with Gasteiger partial charge in [-0.2, -0.15) is 5.10 Å². The largest absolute Gasteiger partial charge is 0.479 e. The molecule has 21 heavy (non-hydrogen) atoms. The van der Waals surface area contributed by atoms with Crippen LogP contribution in [0, 0.1) is 11.8 Å². The van der Waals surface area contributed by atoms with Crippen molar-refractivity contribution in [1.29, 1.82) is 0 Å². The molecule has 0 spiro atoms. The number of hydrogen-bond donors (Lipinski definition) is 2. The molecule has 6 nitrogen and oxygen atoms in total. The van der Waals surface area contributed by atoms with E-state index in [0.717, 1.165) is 19.3 Å². The number of amides is 1. The molecular weight excluding hydrogens is 270 g/mol. The molecule has 0 aromatic carbocycles. The first-order chi connectivity index (χ1) is 9.82. The van der Waals surface area contributed by atoms with E-state index in [4.69, 9.17) is 0 Å². The highest BCUT2D eigenvalue weighted by molar-refractivity contribution is 5.92. The normalized spacial score (nSPS) is 22.8. The molecule has 1 aliphatic rings. The van der Waals surface area contributed by atoms with E-state index >= 15 is 0 Å². The van der Waals surface area contributed by atoms with E-state index < -0.39 is 11.5 Å². The summed E-state index contributed by atoms with van der Waals surface area (Å²) in [6.07, 6.45) is 7.35. The first-order valence-electron chi connectivity index (χ1n) is 7.42. The average Bonchev–Trinajstić information content (AvgIpc) is 2.88. The van der Waals surface area contributed by atoms with Crippen molar-refractivity contribution >= 4 is 17.6 Å². The molecule has 2 unspecified atom stereocenters. The van der Waals surface area contributed by atoms with Gasteiger partial charge in [-0.1, -0.05) is 19.8 Å². The zero-order valence-electron chi connectivity index (χ0n) is 12.8. The molecule has 1 fully saturated rings. The van der Waals surface area contributed by atoms with Crippen LogP contribution in [-0.2, 0) is 15.1 Å². The van der Waals surface area contributed by atoms with Gasteiger partial charge in [-0.15, -0.1) is 0 Å². The Morgan fingerprint density at radius 3 is 2.67 bits per heavy atom. The minimum atomic E-state index is -1.14. The molecule has 1 saturated carbocycles. The summed E-state index contributed by atoms with van der Waals surface area (Å²) in [5, 5.41) is 16.1. The fourth-order valence-electron chi connectivity index (χ4n) is 2.73. The van der Waals surface area contributed by atoms with E-state index in [2.05, 4.69) is 17.3 Å². The standard InChI is InChI=1S/C15H23N3O3/c1-10-6-4-5-7-12(10)13(19)17-11-8-16-18(9-11)15(2,3)14(20)21/h8-10,12H,4-7H2,1-3H3,(H,17,19)(H,20,21). The number of nitrogens with one attached hydrogen (secondary N) is 1. The Kier molecular flexibility index (Phi) is 4.34. The molecule has 0 bridgehead atoms. The lowest BCUT2D eigenvalue weighted by Crippen LogP contribution is -2.36. The van der Waals surface area contributed by atoms with Crippen molar-refractivity contribution in [2.75, 3.05) is 5.32 Å². The Bertz CT molecular complexity index is 536. The molecule has 2 N–H and O–H groups in total. The van der Waals surface area contributed by atoms with Crippen molar-refractivity contribution in [2.24, 2.45) is 11.8 Å². The van der Waals surface area contributed by atoms with Crippen LogP contribution in [0.25, 0.3) is 0 Å². The fraction of sp³-hybridized carbons (Fsp3) is 0.667. The number of anilines is 1. The Labute approximate surface area is 124 Å². The van der Waals surface area contributed by atoms with E-state index in [-0.39, 0.29) is 11.8 Å². The number of hydrogen-bond acceptors (Lipinski definition) is 3. The van der Waals surface area contributed by atoms with Crippen LogP contribution in [0.5, 0.6) is 0 Å². The van der Waals surface area contributed by atoms with Gasteiger partial charge in [0.2, 0.25) is 5.91 Å². The zero-order valence-corrected chi connectivity index (χ0v) is 12.8. The Morgan fingerprint density at radius 2 is 2.05 bits per heavy atom. The second-order valence-corrected chi connectivity index (χ2v) is 6.40. The molecule has 0 aliphatic heterocycles. The molecule has 116 valence electrons. The quantitative estimate of drug-likeness (QED) is 0.893. The van der Waals surface area contributed by atoms with Crippen LogP contribution in [0.2, 0.25) is 0 Å². The highest BCUT2D eigenvalue weighted by Crippen LogP contribution is 2.30. The molecule has 2 rings (SSSR count). The molecular formula is C15H23N3O3. The Morgan fingerprint density at radius 1 is 1.38 bits per heavy atom. The molecule has 6 heteroatoms. The Balaban J connectivity index is 2.05. The van der Waals surface area contributed by atoms with Crippen molar-refractivity contribution in [3.05, 3.63) is 12.4 Å². The van der Waals surface area contributed by atoms with Gasteiger partial charge < -0.3 is 10.4 Å². The predicted molar refractivity (Wildman–Crippen MR) is 78.9 cm³/mol. The summed E-state index contributed by atoms with van der Waals surface area (Å²) in [6.45, 7) is 5.24. The first-order valence-corrected chi connectivity index (χ1v) is 7.42. The first kappa shape index (κ1) is 15.5. The van der Waals surface area contributed by atoms with E-state index in [1.165, 1.54) is 17.3 Å². The zero-order chi connectivity index (χ0) is 15.6. The van der Waals surface area contributed by atoms with Gasteiger partial charge in [0.1, 0.15) is 0 Å². The highest BCUT2D eigenvalue weighted by atomic mass is 16.4. The van der Waals surface area contributed by atoms with E-state index in [1.807, 2.05) is 0 Å². The van der Waals surface area contributed by atoms with Crippen LogP contribution in [0.1, 0.15) is 46.5 Å². The monoisotopic (exact) mass is 293 g/mol. The van der Waals surface area contributed by atoms with Gasteiger partial charge in [0.25, 0.3) is 0 Å². The molecule has 1 aromatic rings. The molecule has 1 aromatic heterocycles. The van der Waals surface area contributed by atoms with Gasteiger partial charge in [-0.05, 0) is 32.6 Å². The van der Waals surface area contributed by atoms with Gasteiger partial charge in [0, 0.05) is 12.1 Å². The fourth-order valence-corrected chi connectivity index (χ4v) is 2.73. The van der Waals surface area contributed by atoms with Crippen molar-refractivity contribution in [2.45, 2.75) is 52.0 Å². The number of carboxylic acids is 1. The van der Waals surface area contributed by atoms with Gasteiger partial charge in [-0.25, -0.2) is 4.79 Å². The molecule has 2 atom stereocenters. The number of rotatable bonds is 4. The van der Waals surface area contributed by atoms with Crippen LogP contribution in [-0.4, -0.2) is 26.8 Å². The highest BCUT2D eigenvalue weighted by Gasteiger charge is 2.31. The van der Waals surface area contributed by atoms with Crippen molar-refractivity contribution in [1.82, 2.24) is 9.78 Å². The van der Waals surface area contributed by atoms with Gasteiger partial charge in [0.05, 0.1) is 11.9 Å². The number of carbonyl (C=O) groups is 2. The lowest BCUT2D eigenvalue weighted by molar-refractivity contribution is -0.146. The van der Waals surface area contributed by atoms with Gasteiger partial charge in [0.15, 0.2) is 5.54 Å².